The zero-order valence-electron chi connectivity index (χ0n) is 7.43. The summed E-state index contributed by atoms with van der Waals surface area (Å²) in [5.74, 6) is 0. The smallest absolute Gasteiger partial charge is 0.297 e. The average Bonchev–Trinajstić information content (AvgIpc) is 2.11. The molecular weight excluding hydrogens is 186 g/mol. The van der Waals surface area contributed by atoms with Crippen LogP contribution in [0.25, 0.3) is 0 Å². The highest BCUT2D eigenvalue weighted by Gasteiger charge is 2.19. The Hall–Kier alpha value is -1.82. The van der Waals surface area contributed by atoms with Gasteiger partial charge in [-0.05, 0) is 12.1 Å². The molecule has 5 N–H and O–H groups in total. The lowest BCUT2D eigenvalue weighted by Gasteiger charge is -2.05. The lowest BCUT2D eigenvalue weighted by atomic mass is 10.1. The first kappa shape index (κ1) is 10.3. The molecule has 14 heavy (non-hydrogen) atoms. The van der Waals surface area contributed by atoms with E-state index in [4.69, 9.17) is 16.6 Å². The Morgan fingerprint density at radius 2 is 2.07 bits per heavy atom. The minimum atomic E-state index is -0.587. The molecule has 1 aromatic carbocycles. The van der Waals surface area contributed by atoms with Crippen molar-refractivity contribution in [2.45, 2.75) is 6.42 Å². The molecule has 76 valence electrons. The molecule has 6 heteroatoms. The summed E-state index contributed by atoms with van der Waals surface area (Å²) < 4.78 is 0. The third kappa shape index (κ3) is 1.74. The fourth-order valence-corrected chi connectivity index (χ4v) is 1.21. The van der Waals surface area contributed by atoms with Gasteiger partial charge in [0.05, 0.1) is 10.6 Å². The Morgan fingerprint density at radius 3 is 2.57 bits per heavy atom. The predicted molar refractivity (Wildman–Crippen MR) is 52.7 cm³/mol. The lowest BCUT2D eigenvalue weighted by molar-refractivity contribution is -0.384. The molecule has 0 atom stereocenters. The number of aliphatic hydroxyl groups is 1. The highest BCUT2D eigenvalue weighted by Crippen LogP contribution is 2.31. The van der Waals surface area contributed by atoms with E-state index < -0.39 is 4.92 Å². The number of nitrogens with zero attached hydrogens (tertiary/aromatic N) is 1. The van der Waals surface area contributed by atoms with Gasteiger partial charge in [-0.25, -0.2) is 0 Å². The molecule has 0 aliphatic rings. The first-order valence-corrected chi connectivity index (χ1v) is 4.00. The van der Waals surface area contributed by atoms with Crippen LogP contribution < -0.4 is 11.5 Å². The molecule has 1 rings (SSSR count). The van der Waals surface area contributed by atoms with Crippen molar-refractivity contribution in [3.63, 3.8) is 0 Å². The van der Waals surface area contributed by atoms with E-state index >= 15 is 0 Å². The molecule has 0 spiro atoms. The molecule has 0 bridgehead atoms. The van der Waals surface area contributed by atoms with E-state index in [1.807, 2.05) is 0 Å². The van der Waals surface area contributed by atoms with Crippen LogP contribution in [0.5, 0.6) is 0 Å². The summed E-state index contributed by atoms with van der Waals surface area (Å²) in [6.07, 6.45) is 0.195. The van der Waals surface area contributed by atoms with Gasteiger partial charge in [-0.3, -0.25) is 10.1 Å². The van der Waals surface area contributed by atoms with Crippen LogP contribution in [0.2, 0.25) is 0 Å². The van der Waals surface area contributed by atoms with E-state index in [1.54, 1.807) is 0 Å². The quantitative estimate of drug-likeness (QED) is 0.366. The van der Waals surface area contributed by atoms with Crippen molar-refractivity contribution in [2.75, 3.05) is 18.1 Å². The molecule has 0 saturated carbocycles. The standard InChI is InChI=1S/C8H11N3O3/c9-6-2-1-5(3-4-12)8(7(6)10)11(13)14/h1-2,12H,3-4,9-10H2. The van der Waals surface area contributed by atoms with Crippen LogP contribution in [0.3, 0.4) is 0 Å². The van der Waals surface area contributed by atoms with Crippen LogP contribution in [-0.2, 0) is 6.42 Å². The summed E-state index contributed by atoms with van der Waals surface area (Å²) in [5, 5.41) is 19.3. The van der Waals surface area contributed by atoms with E-state index in [0.717, 1.165) is 0 Å². The van der Waals surface area contributed by atoms with Gasteiger partial charge >= 0.3 is 0 Å². The summed E-state index contributed by atoms with van der Waals surface area (Å²) in [5.41, 5.74) is 11.2. The number of benzene rings is 1. The maximum Gasteiger partial charge on any atom is 0.297 e. The van der Waals surface area contributed by atoms with Crippen LogP contribution in [-0.4, -0.2) is 16.6 Å². The van der Waals surface area contributed by atoms with Gasteiger partial charge in [0.1, 0.15) is 5.69 Å². The van der Waals surface area contributed by atoms with Crippen molar-refractivity contribution in [1.29, 1.82) is 0 Å². The number of anilines is 2. The zero-order valence-corrected chi connectivity index (χ0v) is 7.43. The van der Waals surface area contributed by atoms with Crippen LogP contribution in [0.15, 0.2) is 12.1 Å². The molecule has 0 heterocycles. The van der Waals surface area contributed by atoms with Crippen molar-refractivity contribution in [3.8, 4) is 0 Å². The predicted octanol–water partition coefficient (Wildman–Crippen LogP) is 0.294. The summed E-state index contributed by atoms with van der Waals surface area (Å²) in [7, 11) is 0. The third-order valence-corrected chi connectivity index (χ3v) is 1.90. The Balaban J connectivity index is 3.30. The second kappa shape index (κ2) is 3.93. The highest BCUT2D eigenvalue weighted by atomic mass is 16.6. The first-order chi connectivity index (χ1) is 6.57. The Labute approximate surface area is 80.3 Å². The van der Waals surface area contributed by atoms with Gasteiger partial charge in [0.2, 0.25) is 0 Å². The molecule has 0 amide bonds. The molecule has 1 aromatic rings. The molecule has 0 aliphatic carbocycles. The van der Waals surface area contributed by atoms with Gasteiger partial charge in [0.15, 0.2) is 0 Å². The van der Waals surface area contributed by atoms with Crippen molar-refractivity contribution < 1.29 is 10.0 Å². The summed E-state index contributed by atoms with van der Waals surface area (Å²) >= 11 is 0. The van der Waals surface area contributed by atoms with E-state index in [9.17, 15) is 10.1 Å². The van der Waals surface area contributed by atoms with E-state index in [2.05, 4.69) is 0 Å². The number of aliphatic hydroxyl groups excluding tert-OH is 1. The molecule has 0 saturated heterocycles. The normalized spacial score (nSPS) is 10.1. The summed E-state index contributed by atoms with van der Waals surface area (Å²) in [6.45, 7) is -0.163. The van der Waals surface area contributed by atoms with Crippen LogP contribution >= 0.6 is 0 Å². The van der Waals surface area contributed by atoms with E-state index in [1.165, 1.54) is 12.1 Å². The number of rotatable bonds is 3. The fraction of sp³-hybridized carbons (Fsp3) is 0.250. The number of hydrogen-bond donors (Lipinski definition) is 3. The topological polar surface area (TPSA) is 115 Å². The summed E-state index contributed by atoms with van der Waals surface area (Å²) in [6, 6.07) is 2.99. The SMILES string of the molecule is Nc1ccc(CCO)c([N+](=O)[O-])c1N. The molecule has 0 aliphatic heterocycles. The van der Waals surface area contributed by atoms with Gasteiger partial charge in [-0.15, -0.1) is 0 Å². The van der Waals surface area contributed by atoms with Crippen LogP contribution in [0, 0.1) is 10.1 Å². The van der Waals surface area contributed by atoms with Crippen molar-refractivity contribution in [1.82, 2.24) is 0 Å². The third-order valence-electron chi connectivity index (χ3n) is 1.90. The molecule has 0 aromatic heterocycles. The van der Waals surface area contributed by atoms with Gasteiger partial charge < -0.3 is 16.6 Å². The second-order valence-electron chi connectivity index (χ2n) is 2.81. The Morgan fingerprint density at radius 1 is 1.43 bits per heavy atom. The summed E-state index contributed by atoms with van der Waals surface area (Å²) in [4.78, 5) is 10.1. The van der Waals surface area contributed by atoms with E-state index in [0.29, 0.717) is 5.56 Å². The average molecular weight is 197 g/mol. The molecular formula is C8H11N3O3. The first-order valence-electron chi connectivity index (χ1n) is 4.00. The largest absolute Gasteiger partial charge is 0.397 e. The second-order valence-corrected chi connectivity index (χ2v) is 2.81. The van der Waals surface area contributed by atoms with Crippen LogP contribution in [0.4, 0.5) is 17.1 Å². The Bertz CT molecular complexity index is 365. The number of nitrogen functional groups attached to an aromatic ring is 2. The number of hydrogen-bond acceptors (Lipinski definition) is 5. The molecule has 0 unspecified atom stereocenters. The molecule has 0 fully saturated rings. The number of nitro benzene ring substituents is 1. The maximum absolute atomic E-state index is 10.7. The minimum absolute atomic E-state index is 0.0408. The number of nitrogens with two attached hydrogens (primary N) is 2. The van der Waals surface area contributed by atoms with Crippen molar-refractivity contribution >= 4 is 17.1 Å². The Kier molecular flexibility index (Phi) is 2.88. The van der Waals surface area contributed by atoms with Gasteiger partial charge in [0.25, 0.3) is 5.69 Å². The van der Waals surface area contributed by atoms with Crippen molar-refractivity contribution in [2.24, 2.45) is 0 Å². The minimum Gasteiger partial charge on any atom is -0.397 e. The van der Waals surface area contributed by atoms with E-state index in [-0.39, 0.29) is 30.1 Å². The van der Waals surface area contributed by atoms with Gasteiger partial charge in [0, 0.05) is 18.6 Å². The number of nitro groups is 1. The lowest BCUT2D eigenvalue weighted by Crippen LogP contribution is -2.05. The molecule has 6 nitrogen and oxygen atoms in total. The monoisotopic (exact) mass is 197 g/mol. The highest BCUT2D eigenvalue weighted by molar-refractivity contribution is 5.76. The van der Waals surface area contributed by atoms with Gasteiger partial charge in [-0.2, -0.15) is 0 Å². The van der Waals surface area contributed by atoms with Crippen molar-refractivity contribution in [3.05, 3.63) is 27.8 Å². The van der Waals surface area contributed by atoms with Crippen LogP contribution in [0.1, 0.15) is 5.56 Å². The molecule has 0 radical (unpaired) electrons. The van der Waals surface area contributed by atoms with Gasteiger partial charge in [-0.1, -0.05) is 0 Å². The maximum atomic E-state index is 10.7. The zero-order chi connectivity index (χ0) is 10.7. The fourth-order valence-electron chi connectivity index (χ4n) is 1.21.